The average molecular weight is 366 g/mol. The van der Waals surface area contributed by atoms with Crippen molar-refractivity contribution >= 4 is 23.6 Å². The summed E-state index contributed by atoms with van der Waals surface area (Å²) in [4.78, 5) is 32.5. The molecule has 1 spiro atoms. The van der Waals surface area contributed by atoms with Crippen LogP contribution in [0, 0.1) is 0 Å². The van der Waals surface area contributed by atoms with Crippen LogP contribution in [0.4, 0.5) is 4.79 Å². The van der Waals surface area contributed by atoms with Gasteiger partial charge in [-0.2, -0.15) is 0 Å². The van der Waals surface area contributed by atoms with Crippen LogP contribution in [0.1, 0.15) is 50.0 Å². The molecule has 0 bridgehead atoms. The Bertz CT molecular complexity index is 641. The Labute approximate surface area is 153 Å². The van der Waals surface area contributed by atoms with Crippen LogP contribution in [-0.2, 0) is 4.74 Å². The minimum Gasteiger partial charge on any atom is -0.441 e. The van der Waals surface area contributed by atoms with E-state index < -0.39 is 5.60 Å². The van der Waals surface area contributed by atoms with Crippen molar-refractivity contribution in [2.45, 2.75) is 51.2 Å². The predicted molar refractivity (Wildman–Crippen MR) is 94.7 cm³/mol. The van der Waals surface area contributed by atoms with E-state index in [0.29, 0.717) is 43.2 Å². The first-order chi connectivity index (χ1) is 11.9. The zero-order valence-electron chi connectivity index (χ0n) is 14.7. The molecule has 0 aromatic carbocycles. The number of hydrogen-bond donors (Lipinski definition) is 0. The summed E-state index contributed by atoms with van der Waals surface area (Å²) in [5.74, 6) is -0.105. The number of piperidine rings is 1. The minimum absolute atomic E-state index is 0.105. The summed E-state index contributed by atoms with van der Waals surface area (Å²) in [7, 11) is 0. The molecular formula is C18H24ClN3O3. The molecule has 25 heavy (non-hydrogen) atoms. The molecule has 1 aromatic heterocycles. The van der Waals surface area contributed by atoms with Gasteiger partial charge in [-0.05, 0) is 25.5 Å². The molecule has 1 atom stereocenters. The lowest BCUT2D eigenvalue weighted by Gasteiger charge is -2.37. The number of aromatic nitrogens is 1. The van der Waals surface area contributed by atoms with Gasteiger partial charge < -0.3 is 14.5 Å². The molecule has 0 aliphatic carbocycles. The average Bonchev–Trinajstić information content (AvgIpc) is 2.92. The molecule has 0 radical (unpaired) electrons. The normalized spacial score (nSPS) is 20.7. The van der Waals surface area contributed by atoms with E-state index in [1.54, 1.807) is 17.0 Å². The van der Waals surface area contributed by atoms with Crippen LogP contribution in [0.2, 0.25) is 5.02 Å². The fourth-order valence-corrected chi connectivity index (χ4v) is 3.71. The molecule has 3 heterocycles. The summed E-state index contributed by atoms with van der Waals surface area (Å²) in [5.41, 5.74) is -0.0644. The van der Waals surface area contributed by atoms with Gasteiger partial charge in [-0.25, -0.2) is 9.78 Å². The van der Waals surface area contributed by atoms with Crippen molar-refractivity contribution < 1.29 is 14.3 Å². The summed E-state index contributed by atoms with van der Waals surface area (Å²) >= 11 is 5.82. The number of ether oxygens (including phenoxy) is 1. The molecule has 2 aliphatic heterocycles. The fourth-order valence-electron chi connectivity index (χ4n) is 3.60. The first-order valence-electron chi connectivity index (χ1n) is 8.84. The van der Waals surface area contributed by atoms with Crippen molar-refractivity contribution in [1.29, 1.82) is 0 Å². The molecule has 0 unspecified atom stereocenters. The maximum absolute atomic E-state index is 12.5. The van der Waals surface area contributed by atoms with Crippen molar-refractivity contribution in [2.75, 3.05) is 19.6 Å². The van der Waals surface area contributed by atoms with Gasteiger partial charge in [0.2, 0.25) is 0 Å². The molecule has 2 aliphatic rings. The lowest BCUT2D eigenvalue weighted by Crippen LogP contribution is -2.49. The van der Waals surface area contributed by atoms with Crippen LogP contribution in [0.25, 0.3) is 0 Å². The van der Waals surface area contributed by atoms with E-state index in [9.17, 15) is 9.59 Å². The quantitative estimate of drug-likeness (QED) is 0.820. The molecule has 3 rings (SSSR count). The number of likely N-dealkylation sites (tertiary alicyclic amines) is 1. The summed E-state index contributed by atoms with van der Waals surface area (Å²) in [6.45, 7) is 5.92. The second kappa shape index (κ2) is 7.20. The van der Waals surface area contributed by atoms with Gasteiger partial charge in [0.1, 0.15) is 11.3 Å². The Morgan fingerprint density at radius 3 is 2.72 bits per heavy atom. The van der Waals surface area contributed by atoms with E-state index in [-0.39, 0.29) is 18.0 Å². The second-order valence-corrected chi connectivity index (χ2v) is 7.41. The zero-order chi connectivity index (χ0) is 18.0. The van der Waals surface area contributed by atoms with Crippen LogP contribution >= 0.6 is 11.6 Å². The highest BCUT2D eigenvalue weighted by atomic mass is 35.5. The number of rotatable bonds is 4. The Kier molecular flexibility index (Phi) is 5.18. The Morgan fingerprint density at radius 1 is 1.40 bits per heavy atom. The third kappa shape index (κ3) is 3.73. The number of carbonyl (C=O) groups is 2. The van der Waals surface area contributed by atoms with E-state index in [1.165, 1.54) is 6.20 Å². The number of halogens is 1. The number of nitrogens with zero attached hydrogens (tertiary/aromatic N) is 3. The van der Waals surface area contributed by atoms with Gasteiger partial charge >= 0.3 is 6.09 Å². The maximum atomic E-state index is 12.5. The second-order valence-electron chi connectivity index (χ2n) is 6.97. The van der Waals surface area contributed by atoms with Crippen LogP contribution in [0.3, 0.4) is 0 Å². The number of hydrogen-bond acceptors (Lipinski definition) is 4. The topological polar surface area (TPSA) is 62.7 Å². The highest BCUT2D eigenvalue weighted by molar-refractivity contribution is 6.30. The lowest BCUT2D eigenvalue weighted by atomic mass is 9.90. The van der Waals surface area contributed by atoms with E-state index in [2.05, 4.69) is 18.8 Å². The summed E-state index contributed by atoms with van der Waals surface area (Å²) in [6.07, 6.45) is 4.58. The van der Waals surface area contributed by atoms with Crippen LogP contribution in [0.5, 0.6) is 0 Å². The highest BCUT2D eigenvalue weighted by Crippen LogP contribution is 2.35. The van der Waals surface area contributed by atoms with Crippen LogP contribution < -0.4 is 0 Å². The SMILES string of the molecule is CCC[C@@H](C)N1CC2(CCN(C(=O)c3ccc(Cl)cn3)CC2)OC1=O. The fraction of sp³-hybridized carbons (Fsp3) is 0.611. The van der Waals surface area contributed by atoms with Crippen molar-refractivity contribution in [3.05, 3.63) is 29.0 Å². The number of pyridine rings is 1. The maximum Gasteiger partial charge on any atom is 0.410 e. The van der Waals surface area contributed by atoms with Crippen molar-refractivity contribution in [3.8, 4) is 0 Å². The predicted octanol–water partition coefficient (Wildman–Crippen LogP) is 3.35. The molecule has 1 aromatic rings. The lowest BCUT2D eigenvalue weighted by molar-refractivity contribution is 0.00290. The van der Waals surface area contributed by atoms with Gasteiger partial charge in [-0.1, -0.05) is 24.9 Å². The van der Waals surface area contributed by atoms with Gasteiger partial charge in [0.05, 0.1) is 11.6 Å². The largest absolute Gasteiger partial charge is 0.441 e. The third-order valence-corrected chi connectivity index (χ3v) is 5.37. The van der Waals surface area contributed by atoms with E-state index in [1.807, 2.05) is 4.90 Å². The van der Waals surface area contributed by atoms with Gasteiger partial charge in [-0.3, -0.25) is 4.79 Å². The van der Waals surface area contributed by atoms with Crippen LogP contribution in [-0.4, -0.2) is 58.1 Å². The van der Waals surface area contributed by atoms with Gasteiger partial charge in [0.25, 0.3) is 5.91 Å². The smallest absolute Gasteiger partial charge is 0.410 e. The Hall–Kier alpha value is -1.82. The van der Waals surface area contributed by atoms with E-state index >= 15 is 0 Å². The van der Waals surface area contributed by atoms with E-state index in [4.69, 9.17) is 16.3 Å². The summed E-state index contributed by atoms with van der Waals surface area (Å²) in [6, 6.07) is 3.49. The number of amides is 2. The third-order valence-electron chi connectivity index (χ3n) is 5.14. The zero-order valence-corrected chi connectivity index (χ0v) is 15.5. The molecule has 136 valence electrons. The Balaban J connectivity index is 1.61. The molecule has 6 nitrogen and oxygen atoms in total. The Morgan fingerprint density at radius 2 is 2.12 bits per heavy atom. The molecule has 7 heteroatoms. The van der Waals surface area contributed by atoms with Crippen molar-refractivity contribution in [3.63, 3.8) is 0 Å². The van der Waals surface area contributed by atoms with Crippen LogP contribution in [0.15, 0.2) is 18.3 Å². The molecule has 0 saturated carbocycles. The standard InChI is InChI=1S/C18H24ClN3O3/c1-3-4-13(2)22-12-18(25-17(22)24)7-9-21(10-8-18)16(23)15-6-5-14(19)11-20-15/h5-6,11,13H,3-4,7-10,12H2,1-2H3/t13-/m1/s1. The van der Waals surface area contributed by atoms with Gasteiger partial charge in [0.15, 0.2) is 0 Å². The highest BCUT2D eigenvalue weighted by Gasteiger charge is 2.48. The summed E-state index contributed by atoms with van der Waals surface area (Å²) < 4.78 is 5.74. The van der Waals surface area contributed by atoms with E-state index in [0.717, 1.165) is 12.8 Å². The van der Waals surface area contributed by atoms with Gasteiger partial charge in [0, 0.05) is 38.2 Å². The summed E-state index contributed by atoms with van der Waals surface area (Å²) in [5, 5.41) is 0.508. The first kappa shape index (κ1) is 18.0. The first-order valence-corrected chi connectivity index (χ1v) is 9.22. The molecule has 2 amide bonds. The number of carbonyl (C=O) groups excluding carboxylic acids is 2. The minimum atomic E-state index is -0.455. The molecule has 2 fully saturated rings. The molecule has 0 N–H and O–H groups in total. The van der Waals surface area contributed by atoms with Crippen molar-refractivity contribution in [1.82, 2.24) is 14.8 Å². The molecular weight excluding hydrogens is 342 g/mol. The van der Waals surface area contributed by atoms with Crippen molar-refractivity contribution in [2.24, 2.45) is 0 Å². The van der Waals surface area contributed by atoms with Gasteiger partial charge in [-0.15, -0.1) is 0 Å². The molecule has 2 saturated heterocycles. The monoisotopic (exact) mass is 365 g/mol.